The number of unbranched alkanes of at least 4 members (excludes halogenated alkanes) is 3. The first-order valence-electron chi connectivity index (χ1n) is 11.7. The van der Waals surface area contributed by atoms with E-state index in [1.165, 1.54) is 6.26 Å². The van der Waals surface area contributed by atoms with Crippen LogP contribution in [-0.2, 0) is 9.59 Å². The van der Waals surface area contributed by atoms with E-state index in [0.717, 1.165) is 12.0 Å². The van der Waals surface area contributed by atoms with Crippen molar-refractivity contribution in [3.8, 4) is 22.6 Å². The highest BCUT2D eigenvalue weighted by atomic mass is 16.5. The summed E-state index contributed by atoms with van der Waals surface area (Å²) in [6.07, 6.45) is 4.89. The van der Waals surface area contributed by atoms with Crippen LogP contribution >= 0.6 is 0 Å². The molecule has 0 saturated heterocycles. The second-order valence-corrected chi connectivity index (χ2v) is 8.39. The molecule has 0 unspecified atom stereocenters. The van der Waals surface area contributed by atoms with Gasteiger partial charge in [0.1, 0.15) is 28.7 Å². The predicted molar refractivity (Wildman–Crippen MR) is 131 cm³/mol. The average molecular weight is 483 g/mol. The third-order valence-corrected chi connectivity index (χ3v) is 5.50. The first-order chi connectivity index (χ1) is 16.8. The third kappa shape index (κ3) is 7.60. The summed E-state index contributed by atoms with van der Waals surface area (Å²) in [5, 5.41) is 17.8. The molecule has 0 bridgehead atoms. The number of hydrogen-bond donors (Lipinski definition) is 2. The second kappa shape index (κ2) is 12.6. The molecule has 0 aliphatic heterocycles. The maximum absolute atomic E-state index is 13.4. The van der Waals surface area contributed by atoms with Gasteiger partial charge in [-0.2, -0.15) is 0 Å². The zero-order valence-corrected chi connectivity index (χ0v) is 19.7. The van der Waals surface area contributed by atoms with Crippen molar-refractivity contribution >= 4 is 22.9 Å². The van der Waals surface area contributed by atoms with Crippen LogP contribution in [0.5, 0.6) is 11.5 Å². The summed E-state index contributed by atoms with van der Waals surface area (Å²) in [5.74, 6) is -0.536. The molecule has 8 heteroatoms. The molecule has 3 aromatic rings. The zero-order valence-electron chi connectivity index (χ0n) is 19.7. The third-order valence-electron chi connectivity index (χ3n) is 5.50. The number of hydrogen-bond acceptors (Lipinski definition) is 6. The molecule has 8 nitrogen and oxygen atoms in total. The molecular formula is C27H30O8. The van der Waals surface area contributed by atoms with Gasteiger partial charge in [0.2, 0.25) is 5.43 Å². The van der Waals surface area contributed by atoms with Gasteiger partial charge < -0.3 is 24.1 Å². The Morgan fingerprint density at radius 3 is 2.17 bits per heavy atom. The van der Waals surface area contributed by atoms with Gasteiger partial charge in [0.05, 0.1) is 18.8 Å². The van der Waals surface area contributed by atoms with Crippen LogP contribution in [0.2, 0.25) is 0 Å². The van der Waals surface area contributed by atoms with Crippen LogP contribution in [0.15, 0.2) is 51.9 Å². The van der Waals surface area contributed by atoms with E-state index in [1.807, 2.05) is 13.0 Å². The fraction of sp³-hybridized carbons (Fsp3) is 0.370. The highest BCUT2D eigenvalue weighted by Gasteiger charge is 2.15. The molecule has 2 N–H and O–H groups in total. The summed E-state index contributed by atoms with van der Waals surface area (Å²) >= 11 is 0. The molecule has 3 rings (SSSR count). The summed E-state index contributed by atoms with van der Waals surface area (Å²) < 4.78 is 17.4. The number of aliphatic carboxylic acids is 2. The van der Waals surface area contributed by atoms with Gasteiger partial charge in [-0.25, -0.2) is 0 Å². The quantitative estimate of drug-likeness (QED) is 0.292. The van der Waals surface area contributed by atoms with Crippen molar-refractivity contribution in [2.75, 3.05) is 13.2 Å². The molecule has 0 aliphatic rings. The van der Waals surface area contributed by atoms with Crippen LogP contribution in [0, 0.1) is 6.92 Å². The van der Waals surface area contributed by atoms with Crippen LogP contribution in [0.3, 0.4) is 0 Å². The van der Waals surface area contributed by atoms with E-state index < -0.39 is 11.9 Å². The number of ether oxygens (including phenoxy) is 2. The maximum atomic E-state index is 13.4. The van der Waals surface area contributed by atoms with Gasteiger partial charge in [-0.05, 0) is 74.4 Å². The lowest BCUT2D eigenvalue weighted by molar-refractivity contribution is -0.138. The smallest absolute Gasteiger partial charge is 0.303 e. The Hall–Kier alpha value is -3.81. The summed E-state index contributed by atoms with van der Waals surface area (Å²) in [6.45, 7) is 2.69. The number of carboxylic acids is 2. The van der Waals surface area contributed by atoms with E-state index >= 15 is 0 Å². The molecule has 35 heavy (non-hydrogen) atoms. The minimum Gasteiger partial charge on any atom is -0.494 e. The molecule has 0 fully saturated rings. The topological polar surface area (TPSA) is 123 Å². The van der Waals surface area contributed by atoms with E-state index in [9.17, 15) is 14.4 Å². The number of carboxylic acid groups (broad SMARTS) is 2. The van der Waals surface area contributed by atoms with Crippen LogP contribution in [0.25, 0.3) is 22.1 Å². The molecular weight excluding hydrogens is 452 g/mol. The molecule has 1 heterocycles. The maximum Gasteiger partial charge on any atom is 0.303 e. The van der Waals surface area contributed by atoms with Crippen molar-refractivity contribution < 1.29 is 33.7 Å². The first kappa shape index (κ1) is 25.8. The van der Waals surface area contributed by atoms with Crippen LogP contribution in [0.4, 0.5) is 0 Å². The summed E-state index contributed by atoms with van der Waals surface area (Å²) in [4.78, 5) is 34.6. The number of benzene rings is 2. The molecule has 0 aliphatic carbocycles. The van der Waals surface area contributed by atoms with Gasteiger partial charge >= 0.3 is 11.9 Å². The van der Waals surface area contributed by atoms with Crippen molar-refractivity contribution in [2.24, 2.45) is 0 Å². The molecule has 0 spiro atoms. The van der Waals surface area contributed by atoms with Crippen LogP contribution < -0.4 is 14.9 Å². The Bertz CT molecular complexity index is 1210. The zero-order chi connectivity index (χ0) is 25.2. The average Bonchev–Trinajstić information content (AvgIpc) is 2.81. The Morgan fingerprint density at radius 2 is 1.49 bits per heavy atom. The van der Waals surface area contributed by atoms with E-state index in [-0.39, 0.29) is 18.3 Å². The SMILES string of the molecule is Cc1cc(OCCCCCC(=O)O)c2c(=O)c(-c3ccc(OCCCCC(=O)O)cc3)coc2c1. The lowest BCUT2D eigenvalue weighted by atomic mass is 10.0. The van der Waals surface area contributed by atoms with E-state index in [1.54, 1.807) is 30.3 Å². The van der Waals surface area contributed by atoms with E-state index in [0.29, 0.717) is 72.5 Å². The van der Waals surface area contributed by atoms with Crippen molar-refractivity contribution in [1.82, 2.24) is 0 Å². The minimum atomic E-state index is -0.817. The van der Waals surface area contributed by atoms with Gasteiger partial charge in [-0.15, -0.1) is 0 Å². The normalized spacial score (nSPS) is 10.9. The molecule has 2 aromatic carbocycles. The highest BCUT2D eigenvalue weighted by Crippen LogP contribution is 2.29. The summed E-state index contributed by atoms with van der Waals surface area (Å²) in [7, 11) is 0. The molecule has 0 radical (unpaired) electrons. The van der Waals surface area contributed by atoms with Gasteiger partial charge in [0.25, 0.3) is 0 Å². The molecule has 186 valence electrons. The van der Waals surface area contributed by atoms with Crippen LogP contribution in [-0.4, -0.2) is 35.4 Å². The number of rotatable bonds is 14. The Kier molecular flexibility index (Phi) is 9.29. The van der Waals surface area contributed by atoms with E-state index in [4.69, 9.17) is 24.1 Å². The molecule has 0 amide bonds. The number of carbonyl (C=O) groups is 2. The first-order valence-corrected chi connectivity index (χ1v) is 11.7. The van der Waals surface area contributed by atoms with Crippen molar-refractivity contribution in [1.29, 1.82) is 0 Å². The van der Waals surface area contributed by atoms with Crippen molar-refractivity contribution in [2.45, 2.75) is 51.9 Å². The lowest BCUT2D eigenvalue weighted by Crippen LogP contribution is -2.08. The summed E-state index contributed by atoms with van der Waals surface area (Å²) in [6, 6.07) is 10.7. The van der Waals surface area contributed by atoms with Crippen LogP contribution in [0.1, 0.15) is 50.5 Å². The standard InChI is InChI=1S/C27H30O8/c1-18-15-22(34-14-5-2-3-7-24(28)29)26-23(16-18)35-17-21(27(26)32)19-9-11-20(12-10-19)33-13-6-4-8-25(30)31/h9-12,15-17H,2-8,13-14H2,1H3,(H,28,29)(H,30,31). The van der Waals surface area contributed by atoms with E-state index in [2.05, 4.69) is 0 Å². The predicted octanol–water partition coefficient (Wildman–Crippen LogP) is 5.43. The fourth-order valence-corrected chi connectivity index (χ4v) is 3.70. The van der Waals surface area contributed by atoms with Crippen molar-refractivity contribution in [3.63, 3.8) is 0 Å². The Morgan fingerprint density at radius 1 is 0.857 bits per heavy atom. The monoisotopic (exact) mass is 482 g/mol. The minimum absolute atomic E-state index is 0.121. The number of aryl methyl sites for hydroxylation is 1. The Labute approximate surface area is 203 Å². The van der Waals surface area contributed by atoms with Gasteiger partial charge in [0, 0.05) is 12.8 Å². The Balaban J connectivity index is 1.71. The summed E-state index contributed by atoms with van der Waals surface area (Å²) in [5.41, 5.74) is 2.23. The van der Waals surface area contributed by atoms with Gasteiger partial charge in [-0.3, -0.25) is 14.4 Å². The second-order valence-electron chi connectivity index (χ2n) is 8.39. The molecule has 1 aromatic heterocycles. The van der Waals surface area contributed by atoms with Gasteiger partial charge in [0.15, 0.2) is 0 Å². The van der Waals surface area contributed by atoms with Gasteiger partial charge in [-0.1, -0.05) is 12.1 Å². The molecule has 0 saturated carbocycles. The molecule has 0 atom stereocenters. The fourth-order valence-electron chi connectivity index (χ4n) is 3.70. The highest BCUT2D eigenvalue weighted by molar-refractivity contribution is 5.87. The largest absolute Gasteiger partial charge is 0.494 e. The van der Waals surface area contributed by atoms with Crippen molar-refractivity contribution in [3.05, 3.63) is 58.4 Å². The lowest BCUT2D eigenvalue weighted by Gasteiger charge is -2.11. The number of fused-ring (bicyclic) bond motifs is 1.